The highest BCUT2D eigenvalue weighted by atomic mass is 19.1. The van der Waals surface area contributed by atoms with Gasteiger partial charge in [0.25, 0.3) is 0 Å². The molecule has 2 N–H and O–H groups in total. The molecular weight excluding hydrogens is 307 g/mol. The molecule has 2 rings (SSSR count). The Kier molecular flexibility index (Phi) is 6.61. The number of nitrogens with one attached hydrogen (secondary N) is 2. The van der Waals surface area contributed by atoms with Crippen LogP contribution in [0.4, 0.5) is 15.8 Å². The average Bonchev–Trinajstić information content (AvgIpc) is 2.54. The minimum absolute atomic E-state index is 0.101. The summed E-state index contributed by atoms with van der Waals surface area (Å²) in [6.07, 6.45) is 0.984. The number of amides is 1. The van der Waals surface area contributed by atoms with E-state index in [4.69, 9.17) is 4.74 Å². The van der Waals surface area contributed by atoms with Gasteiger partial charge < -0.3 is 15.4 Å². The maximum Gasteiger partial charge on any atom is 0.243 e. The quantitative estimate of drug-likeness (QED) is 0.758. The Balaban J connectivity index is 1.81. The minimum Gasteiger partial charge on any atom is -0.494 e. The second-order valence-electron chi connectivity index (χ2n) is 5.97. The molecule has 0 aliphatic heterocycles. The van der Waals surface area contributed by atoms with Crippen LogP contribution in [0.25, 0.3) is 0 Å². The number of anilines is 2. The number of hydrogen-bond donors (Lipinski definition) is 2. The monoisotopic (exact) mass is 330 g/mol. The molecule has 5 heteroatoms. The molecule has 0 atom stereocenters. The van der Waals surface area contributed by atoms with E-state index < -0.39 is 0 Å². The van der Waals surface area contributed by atoms with Crippen molar-refractivity contribution in [3.8, 4) is 5.75 Å². The molecule has 24 heavy (non-hydrogen) atoms. The van der Waals surface area contributed by atoms with Crippen molar-refractivity contribution in [1.29, 1.82) is 0 Å². The van der Waals surface area contributed by atoms with Crippen molar-refractivity contribution in [2.24, 2.45) is 5.92 Å². The van der Waals surface area contributed by atoms with Crippen LogP contribution < -0.4 is 15.4 Å². The lowest BCUT2D eigenvalue weighted by atomic mass is 10.1. The second-order valence-corrected chi connectivity index (χ2v) is 5.97. The van der Waals surface area contributed by atoms with Crippen LogP contribution in [0.2, 0.25) is 0 Å². The van der Waals surface area contributed by atoms with Crippen LogP contribution in [-0.2, 0) is 4.79 Å². The number of benzene rings is 2. The van der Waals surface area contributed by atoms with Gasteiger partial charge in [-0.25, -0.2) is 4.39 Å². The molecule has 0 aliphatic rings. The van der Waals surface area contributed by atoms with Crippen LogP contribution >= 0.6 is 0 Å². The van der Waals surface area contributed by atoms with E-state index in [2.05, 4.69) is 24.5 Å². The van der Waals surface area contributed by atoms with Crippen LogP contribution in [0.5, 0.6) is 5.75 Å². The maximum absolute atomic E-state index is 12.8. The fraction of sp³-hybridized carbons (Fsp3) is 0.316. The van der Waals surface area contributed by atoms with Crippen molar-refractivity contribution < 1.29 is 13.9 Å². The fourth-order valence-corrected chi connectivity index (χ4v) is 2.03. The third-order valence-corrected chi connectivity index (χ3v) is 3.38. The van der Waals surface area contributed by atoms with Gasteiger partial charge >= 0.3 is 0 Å². The number of carbonyl (C=O) groups excluding carboxylic acids is 1. The van der Waals surface area contributed by atoms with Crippen molar-refractivity contribution in [1.82, 2.24) is 0 Å². The summed E-state index contributed by atoms with van der Waals surface area (Å²) in [4.78, 5) is 12.0. The predicted molar refractivity (Wildman–Crippen MR) is 94.9 cm³/mol. The summed E-state index contributed by atoms with van der Waals surface area (Å²) in [5.74, 6) is 0.836. The minimum atomic E-state index is -0.306. The van der Waals surface area contributed by atoms with Gasteiger partial charge in [0.1, 0.15) is 11.6 Å². The van der Waals surface area contributed by atoms with Crippen molar-refractivity contribution in [2.45, 2.75) is 20.3 Å². The lowest BCUT2D eigenvalue weighted by Crippen LogP contribution is -2.21. The fourth-order valence-electron chi connectivity index (χ4n) is 2.03. The Morgan fingerprint density at radius 2 is 1.88 bits per heavy atom. The zero-order valence-electron chi connectivity index (χ0n) is 14.0. The van der Waals surface area contributed by atoms with Crippen molar-refractivity contribution in [2.75, 3.05) is 23.8 Å². The highest BCUT2D eigenvalue weighted by molar-refractivity contribution is 5.93. The van der Waals surface area contributed by atoms with Crippen LogP contribution in [0.15, 0.2) is 48.5 Å². The third kappa shape index (κ3) is 6.28. The molecule has 0 fully saturated rings. The van der Waals surface area contributed by atoms with Crippen LogP contribution in [0.1, 0.15) is 20.3 Å². The lowest BCUT2D eigenvalue weighted by Gasteiger charge is -2.11. The molecule has 0 saturated carbocycles. The van der Waals surface area contributed by atoms with Crippen molar-refractivity contribution in [3.63, 3.8) is 0 Å². The molecule has 0 bridgehead atoms. The normalized spacial score (nSPS) is 10.5. The summed E-state index contributed by atoms with van der Waals surface area (Å²) in [6, 6.07) is 13.2. The van der Waals surface area contributed by atoms with Crippen molar-refractivity contribution >= 4 is 17.3 Å². The smallest absolute Gasteiger partial charge is 0.243 e. The Labute approximate surface area is 142 Å². The first kappa shape index (κ1) is 17.8. The molecule has 0 aromatic heterocycles. The number of hydrogen-bond acceptors (Lipinski definition) is 3. The first-order chi connectivity index (χ1) is 11.5. The van der Waals surface area contributed by atoms with Gasteiger partial charge in [-0.05, 0) is 48.7 Å². The molecule has 128 valence electrons. The van der Waals surface area contributed by atoms with Crippen LogP contribution in [0.3, 0.4) is 0 Å². The number of halogens is 1. The summed E-state index contributed by atoms with van der Waals surface area (Å²) >= 11 is 0. The van der Waals surface area contributed by atoms with E-state index in [0.717, 1.165) is 12.2 Å². The van der Waals surface area contributed by atoms with Gasteiger partial charge in [-0.3, -0.25) is 4.79 Å². The third-order valence-electron chi connectivity index (χ3n) is 3.38. The molecule has 4 nitrogen and oxygen atoms in total. The van der Waals surface area contributed by atoms with E-state index in [1.54, 1.807) is 18.2 Å². The Hall–Kier alpha value is -2.56. The van der Waals surface area contributed by atoms with Gasteiger partial charge in [0.05, 0.1) is 13.2 Å². The van der Waals surface area contributed by atoms with E-state index in [-0.39, 0.29) is 18.3 Å². The Bertz CT molecular complexity index is 657. The zero-order chi connectivity index (χ0) is 17.4. The van der Waals surface area contributed by atoms with Gasteiger partial charge in [0, 0.05) is 17.4 Å². The topological polar surface area (TPSA) is 50.4 Å². The largest absolute Gasteiger partial charge is 0.494 e. The molecule has 0 aliphatic carbocycles. The van der Waals surface area contributed by atoms with E-state index >= 15 is 0 Å². The summed E-state index contributed by atoms with van der Waals surface area (Å²) in [7, 11) is 0. The van der Waals surface area contributed by atoms with E-state index in [0.29, 0.717) is 23.9 Å². The molecule has 0 saturated heterocycles. The SMILES string of the molecule is CC(C)CCOc1cccc(NC(=O)CNc2ccc(F)cc2)c1. The zero-order valence-corrected chi connectivity index (χ0v) is 14.0. The first-order valence-corrected chi connectivity index (χ1v) is 8.05. The molecule has 0 heterocycles. The van der Waals surface area contributed by atoms with Crippen LogP contribution in [0, 0.1) is 11.7 Å². The van der Waals surface area contributed by atoms with E-state index in [9.17, 15) is 9.18 Å². The highest BCUT2D eigenvalue weighted by Crippen LogP contribution is 2.18. The van der Waals surface area contributed by atoms with Crippen molar-refractivity contribution in [3.05, 3.63) is 54.3 Å². The standard InChI is InChI=1S/C19H23FN2O2/c1-14(2)10-11-24-18-5-3-4-17(12-18)22-19(23)13-21-16-8-6-15(20)7-9-16/h3-9,12,14,21H,10-11,13H2,1-2H3,(H,22,23). The molecule has 2 aromatic carbocycles. The number of carbonyl (C=O) groups is 1. The number of ether oxygens (including phenoxy) is 1. The molecule has 0 spiro atoms. The first-order valence-electron chi connectivity index (χ1n) is 8.05. The molecular formula is C19H23FN2O2. The Morgan fingerprint density at radius 1 is 1.12 bits per heavy atom. The highest BCUT2D eigenvalue weighted by Gasteiger charge is 2.04. The summed E-state index contributed by atoms with van der Waals surface area (Å²) < 4.78 is 18.5. The van der Waals surface area contributed by atoms with Gasteiger partial charge in [0.2, 0.25) is 5.91 Å². The number of rotatable bonds is 8. The van der Waals surface area contributed by atoms with Gasteiger partial charge in [-0.15, -0.1) is 0 Å². The maximum atomic E-state index is 12.8. The van der Waals surface area contributed by atoms with E-state index in [1.165, 1.54) is 12.1 Å². The Morgan fingerprint density at radius 3 is 2.58 bits per heavy atom. The average molecular weight is 330 g/mol. The molecule has 0 unspecified atom stereocenters. The van der Waals surface area contributed by atoms with Gasteiger partial charge in [-0.2, -0.15) is 0 Å². The molecule has 0 radical (unpaired) electrons. The molecule has 2 aromatic rings. The summed E-state index contributed by atoms with van der Waals surface area (Å²) in [5.41, 5.74) is 1.38. The summed E-state index contributed by atoms with van der Waals surface area (Å²) in [6.45, 7) is 5.05. The van der Waals surface area contributed by atoms with Gasteiger partial charge in [-0.1, -0.05) is 19.9 Å². The second kappa shape index (κ2) is 8.91. The lowest BCUT2D eigenvalue weighted by molar-refractivity contribution is -0.114. The van der Waals surface area contributed by atoms with E-state index in [1.807, 2.05) is 18.2 Å². The predicted octanol–water partition coefficient (Wildman–Crippen LogP) is 4.30. The summed E-state index contributed by atoms with van der Waals surface area (Å²) in [5, 5.41) is 5.75. The van der Waals surface area contributed by atoms with Gasteiger partial charge in [0.15, 0.2) is 0 Å². The molecule has 1 amide bonds. The van der Waals surface area contributed by atoms with Crippen LogP contribution in [-0.4, -0.2) is 19.1 Å².